The van der Waals surface area contributed by atoms with Gasteiger partial charge in [-0.25, -0.2) is 5.84 Å². The summed E-state index contributed by atoms with van der Waals surface area (Å²) in [7, 11) is 0. The first kappa shape index (κ1) is 19.9. The molecule has 4 rings (SSSR count). The van der Waals surface area contributed by atoms with Crippen molar-refractivity contribution in [2.75, 3.05) is 5.01 Å². The molecule has 0 saturated carbocycles. The Morgan fingerprint density at radius 3 is 1.33 bits per heavy atom. The predicted molar refractivity (Wildman–Crippen MR) is 122 cm³/mol. The van der Waals surface area contributed by atoms with Crippen LogP contribution in [0.5, 0.6) is 0 Å². The highest BCUT2D eigenvalue weighted by Crippen LogP contribution is 2.37. The van der Waals surface area contributed by atoms with Gasteiger partial charge in [0.25, 0.3) is 0 Å². The van der Waals surface area contributed by atoms with E-state index in [9.17, 15) is 5.11 Å². The monoisotopic (exact) mass is 395 g/mol. The van der Waals surface area contributed by atoms with Gasteiger partial charge in [-0.15, -0.1) is 5.12 Å². The van der Waals surface area contributed by atoms with Gasteiger partial charge in [-0.1, -0.05) is 97.1 Å². The minimum absolute atomic E-state index is 0.506. The highest BCUT2D eigenvalue weighted by atomic mass is 16.3. The Balaban J connectivity index is 1.81. The molecule has 0 heterocycles. The summed E-state index contributed by atoms with van der Waals surface area (Å²) in [6.07, 6.45) is -0.825. The van der Waals surface area contributed by atoms with Crippen LogP contribution in [0.2, 0.25) is 0 Å². The maximum absolute atomic E-state index is 11.4. The van der Waals surface area contributed by atoms with Crippen molar-refractivity contribution in [3.8, 4) is 0 Å². The zero-order valence-electron chi connectivity index (χ0n) is 16.6. The molecule has 0 amide bonds. The number of anilines is 2. The average molecular weight is 396 g/mol. The van der Waals surface area contributed by atoms with E-state index in [-0.39, 0.29) is 0 Å². The zero-order valence-corrected chi connectivity index (χ0v) is 16.6. The molecule has 4 heteroatoms. The Hall–Kier alpha value is -3.44. The van der Waals surface area contributed by atoms with Crippen molar-refractivity contribution in [2.45, 2.75) is 12.1 Å². The number of hydrogen-bond acceptors (Lipinski definition) is 4. The number of hydrazine groups is 2. The van der Waals surface area contributed by atoms with E-state index in [0.717, 1.165) is 22.5 Å². The predicted octanol–water partition coefficient (Wildman–Crippen LogP) is 5.39. The van der Waals surface area contributed by atoms with E-state index in [0.29, 0.717) is 0 Å². The van der Waals surface area contributed by atoms with Gasteiger partial charge in [0, 0.05) is 0 Å². The van der Waals surface area contributed by atoms with Gasteiger partial charge in [0.15, 0.2) is 0 Å². The molecular weight excluding hydrogens is 370 g/mol. The average Bonchev–Trinajstić information content (AvgIpc) is 2.82. The van der Waals surface area contributed by atoms with Crippen LogP contribution >= 0.6 is 0 Å². The van der Waals surface area contributed by atoms with Crippen LogP contribution < -0.4 is 10.9 Å². The van der Waals surface area contributed by atoms with Crippen molar-refractivity contribution < 1.29 is 5.11 Å². The van der Waals surface area contributed by atoms with Gasteiger partial charge < -0.3 is 5.11 Å². The van der Waals surface area contributed by atoms with Gasteiger partial charge in [0.1, 0.15) is 12.1 Å². The van der Waals surface area contributed by atoms with Gasteiger partial charge in [0.05, 0.1) is 11.4 Å². The molecule has 3 N–H and O–H groups in total. The number of hydrogen-bond donors (Lipinski definition) is 2. The topological polar surface area (TPSA) is 52.7 Å². The minimum Gasteiger partial charge on any atom is -0.386 e. The third-order valence-electron chi connectivity index (χ3n) is 5.10. The van der Waals surface area contributed by atoms with Gasteiger partial charge in [-0.2, -0.15) is 0 Å². The molecule has 0 saturated heterocycles. The maximum Gasteiger partial charge on any atom is 0.102 e. The van der Waals surface area contributed by atoms with E-state index in [4.69, 9.17) is 5.84 Å². The normalized spacial score (nSPS) is 13.0. The van der Waals surface area contributed by atoms with Gasteiger partial charge in [-0.3, -0.25) is 5.01 Å². The molecule has 4 aromatic rings. The molecule has 0 radical (unpaired) electrons. The fraction of sp³-hybridized carbons (Fsp3) is 0.0769. The molecule has 4 nitrogen and oxygen atoms in total. The number of rotatable bonds is 7. The van der Waals surface area contributed by atoms with Crippen molar-refractivity contribution in [2.24, 2.45) is 5.84 Å². The summed E-state index contributed by atoms with van der Waals surface area (Å²) in [5.41, 5.74) is 3.55. The highest BCUT2D eigenvalue weighted by molar-refractivity contribution is 5.61. The Kier molecular flexibility index (Phi) is 6.20. The molecule has 0 fully saturated rings. The number of para-hydroxylation sites is 2. The van der Waals surface area contributed by atoms with Crippen molar-refractivity contribution in [1.82, 2.24) is 5.12 Å². The second kappa shape index (κ2) is 9.37. The Morgan fingerprint density at radius 1 is 0.533 bits per heavy atom. The lowest BCUT2D eigenvalue weighted by Gasteiger charge is -2.40. The summed E-state index contributed by atoms with van der Waals surface area (Å²) < 4.78 is 0. The number of nitrogens with two attached hydrogens (primary N) is 1. The summed E-state index contributed by atoms with van der Waals surface area (Å²) in [6, 6.07) is 38.9. The second-order valence-electron chi connectivity index (χ2n) is 7.07. The van der Waals surface area contributed by atoms with Crippen LogP contribution in [0.25, 0.3) is 0 Å². The van der Waals surface area contributed by atoms with E-state index in [2.05, 4.69) is 0 Å². The van der Waals surface area contributed by atoms with Crippen LogP contribution in [0, 0.1) is 0 Å². The first-order valence-electron chi connectivity index (χ1n) is 9.98. The summed E-state index contributed by atoms with van der Waals surface area (Å²) >= 11 is 0. The third kappa shape index (κ3) is 4.26. The van der Waals surface area contributed by atoms with Crippen LogP contribution in [-0.2, 0) is 0 Å². The number of nitrogens with zero attached hydrogens (tertiary/aromatic N) is 2. The Bertz CT molecular complexity index is 987. The van der Waals surface area contributed by atoms with E-state index < -0.39 is 12.1 Å². The van der Waals surface area contributed by atoms with Crippen LogP contribution in [0.4, 0.5) is 11.4 Å². The standard InChI is InChI=1S/C26H25N3O/c27-29(28(23-17-9-3-10-18-23)24-19-11-4-12-20-24)25(21-13-5-1-6-14-21)26(30)22-15-7-2-8-16-22/h1-20,25-26,30H,27H2. The molecule has 2 unspecified atom stereocenters. The number of aliphatic hydroxyl groups excluding tert-OH is 1. The van der Waals surface area contributed by atoms with Crippen LogP contribution in [-0.4, -0.2) is 10.2 Å². The molecule has 0 spiro atoms. The summed E-state index contributed by atoms with van der Waals surface area (Å²) in [6.45, 7) is 0. The number of benzene rings is 4. The highest BCUT2D eigenvalue weighted by Gasteiger charge is 2.32. The Labute approximate surface area is 177 Å². The van der Waals surface area contributed by atoms with Gasteiger partial charge in [0.2, 0.25) is 0 Å². The van der Waals surface area contributed by atoms with Crippen molar-refractivity contribution in [1.29, 1.82) is 0 Å². The molecule has 0 aliphatic carbocycles. The van der Waals surface area contributed by atoms with E-state index in [1.165, 1.54) is 0 Å². The fourth-order valence-corrected chi connectivity index (χ4v) is 3.64. The van der Waals surface area contributed by atoms with Crippen LogP contribution in [0.1, 0.15) is 23.3 Å². The minimum atomic E-state index is -0.825. The smallest absolute Gasteiger partial charge is 0.102 e. The summed E-state index contributed by atoms with van der Waals surface area (Å²) in [5, 5.41) is 15.0. The van der Waals surface area contributed by atoms with Crippen molar-refractivity contribution in [3.63, 3.8) is 0 Å². The lowest BCUT2D eigenvalue weighted by molar-refractivity contribution is 0.0464. The van der Waals surface area contributed by atoms with E-state index >= 15 is 0 Å². The second-order valence-corrected chi connectivity index (χ2v) is 7.07. The first-order valence-corrected chi connectivity index (χ1v) is 9.98. The molecule has 0 aliphatic rings. The van der Waals surface area contributed by atoms with Crippen molar-refractivity contribution in [3.05, 3.63) is 132 Å². The summed E-state index contributed by atoms with van der Waals surface area (Å²) in [5.74, 6) is 6.80. The molecule has 2 atom stereocenters. The lowest BCUT2D eigenvalue weighted by Crippen LogP contribution is -2.49. The third-order valence-corrected chi connectivity index (χ3v) is 5.10. The molecule has 4 aromatic carbocycles. The van der Waals surface area contributed by atoms with Gasteiger partial charge in [-0.05, 0) is 35.4 Å². The van der Waals surface area contributed by atoms with E-state index in [1.807, 2.05) is 126 Å². The number of aliphatic hydroxyl groups is 1. The molecule has 30 heavy (non-hydrogen) atoms. The maximum atomic E-state index is 11.4. The van der Waals surface area contributed by atoms with Crippen LogP contribution in [0.15, 0.2) is 121 Å². The fourth-order valence-electron chi connectivity index (χ4n) is 3.64. The zero-order chi connectivity index (χ0) is 20.8. The SMILES string of the molecule is NN(C(c1ccccc1)C(O)c1ccccc1)N(c1ccccc1)c1ccccc1. The largest absolute Gasteiger partial charge is 0.386 e. The lowest BCUT2D eigenvalue weighted by atomic mass is 9.96. The summed E-state index contributed by atoms with van der Waals surface area (Å²) in [4.78, 5) is 0. The van der Waals surface area contributed by atoms with E-state index in [1.54, 1.807) is 5.12 Å². The van der Waals surface area contributed by atoms with Gasteiger partial charge >= 0.3 is 0 Å². The quantitative estimate of drug-likeness (QED) is 0.325. The first-order chi connectivity index (χ1) is 14.8. The molecule has 150 valence electrons. The van der Waals surface area contributed by atoms with Crippen LogP contribution in [0.3, 0.4) is 0 Å². The molecule has 0 aromatic heterocycles. The molecular formula is C26H25N3O. The van der Waals surface area contributed by atoms with Crippen molar-refractivity contribution >= 4 is 11.4 Å². The molecule has 0 bridgehead atoms. The Morgan fingerprint density at radius 2 is 0.900 bits per heavy atom. The molecule has 0 aliphatic heterocycles.